The maximum absolute atomic E-state index is 3.87. The van der Waals surface area contributed by atoms with Crippen molar-refractivity contribution < 1.29 is 21.5 Å². The van der Waals surface area contributed by atoms with E-state index in [0.29, 0.717) is 0 Å². The van der Waals surface area contributed by atoms with Gasteiger partial charge in [-0.3, -0.25) is 0 Å². The number of aromatic nitrogens is 1. The summed E-state index contributed by atoms with van der Waals surface area (Å²) < 4.78 is 2.30. The molecule has 1 heterocycles. The smallest absolute Gasteiger partial charge is 0.204 e. The summed E-state index contributed by atoms with van der Waals surface area (Å²) in [7, 11) is 0. The molecule has 0 N–H and O–H groups in total. The Hall–Kier alpha value is -0.630. The molecule has 21 heavy (non-hydrogen) atoms. The van der Waals surface area contributed by atoms with Crippen LogP contribution in [0.15, 0.2) is 31.0 Å². The molecule has 120 valence electrons. The van der Waals surface area contributed by atoms with Gasteiger partial charge < -0.3 is 17.0 Å². The molecule has 0 unspecified atom stereocenters. The molecule has 0 saturated heterocycles. The topological polar surface area (TPSA) is 3.88 Å². The Kier molecular flexibility index (Phi) is 13.9. The molecule has 0 spiro atoms. The van der Waals surface area contributed by atoms with Crippen molar-refractivity contribution in [2.24, 2.45) is 0 Å². The van der Waals surface area contributed by atoms with Crippen LogP contribution in [-0.2, 0) is 6.54 Å². The van der Waals surface area contributed by atoms with E-state index in [1.165, 1.54) is 69.9 Å². The second-order valence-electron chi connectivity index (χ2n) is 5.71. The predicted octanol–water partition coefficient (Wildman–Crippen LogP) is 2.54. The van der Waals surface area contributed by atoms with E-state index in [1.54, 1.807) is 0 Å². The second kappa shape index (κ2) is 14.3. The quantitative estimate of drug-likeness (QED) is 0.401. The first-order chi connectivity index (χ1) is 9.88. The van der Waals surface area contributed by atoms with Crippen LogP contribution in [0, 0.1) is 0 Å². The summed E-state index contributed by atoms with van der Waals surface area (Å²) in [6.07, 6.45) is 18.1. The van der Waals surface area contributed by atoms with Crippen LogP contribution in [0.2, 0.25) is 0 Å². The average Bonchev–Trinajstić information content (AvgIpc) is 2.49. The molecule has 0 radical (unpaired) electrons. The highest BCUT2D eigenvalue weighted by molar-refractivity contribution is 5.36. The van der Waals surface area contributed by atoms with E-state index < -0.39 is 0 Å². The lowest BCUT2D eigenvalue weighted by molar-refractivity contribution is -0.699. The van der Waals surface area contributed by atoms with E-state index >= 15 is 0 Å². The number of unbranched alkanes of at least 4 members (excludes halogenated alkanes) is 9. The predicted molar refractivity (Wildman–Crippen MR) is 88.6 cm³/mol. The van der Waals surface area contributed by atoms with Crippen molar-refractivity contribution in [2.45, 2.75) is 77.7 Å². The summed E-state index contributed by atoms with van der Waals surface area (Å²) in [5.74, 6) is 0. The Morgan fingerprint density at radius 2 is 1.48 bits per heavy atom. The first kappa shape index (κ1) is 20.4. The van der Waals surface area contributed by atoms with Gasteiger partial charge in [-0.15, -0.1) is 0 Å². The summed E-state index contributed by atoms with van der Waals surface area (Å²) in [6.45, 7) is 7.27. The van der Waals surface area contributed by atoms with Crippen LogP contribution in [0.5, 0.6) is 0 Å². The van der Waals surface area contributed by atoms with Gasteiger partial charge in [0, 0.05) is 24.6 Å². The fourth-order valence-electron chi connectivity index (χ4n) is 2.65. The highest BCUT2D eigenvalue weighted by Gasteiger charge is 2.04. The van der Waals surface area contributed by atoms with E-state index in [2.05, 4.69) is 42.5 Å². The molecule has 0 aliphatic carbocycles. The zero-order valence-electron chi connectivity index (χ0n) is 13.7. The fourth-order valence-corrected chi connectivity index (χ4v) is 2.65. The van der Waals surface area contributed by atoms with E-state index in [4.69, 9.17) is 0 Å². The van der Waals surface area contributed by atoms with E-state index in [-0.39, 0.29) is 17.0 Å². The number of rotatable bonds is 12. The molecule has 0 amide bonds. The van der Waals surface area contributed by atoms with Crippen LogP contribution in [-0.4, -0.2) is 0 Å². The van der Waals surface area contributed by atoms with Crippen molar-refractivity contribution in [1.29, 1.82) is 0 Å². The van der Waals surface area contributed by atoms with Gasteiger partial charge in [0.25, 0.3) is 0 Å². The molecule has 0 bridgehead atoms. The van der Waals surface area contributed by atoms with Crippen LogP contribution in [0.1, 0.15) is 76.8 Å². The van der Waals surface area contributed by atoms with Crippen molar-refractivity contribution in [3.8, 4) is 0 Å². The highest BCUT2D eigenvalue weighted by Crippen LogP contribution is 2.10. The van der Waals surface area contributed by atoms with Gasteiger partial charge in [-0.2, -0.15) is 4.57 Å². The fraction of sp³-hybridized carbons (Fsp3) is 0.632. The minimum atomic E-state index is 0. The standard InChI is InChI=1S/C19H32N.BrH/c1-3-5-6-7-8-9-10-11-12-14-17-20-18-15-13-16-19(20)4-2;/h4,13,15-16,18H,2-3,5-12,14,17H2,1H3;1H/q+1;/p-1. The Morgan fingerprint density at radius 1 is 0.905 bits per heavy atom. The van der Waals surface area contributed by atoms with Crippen molar-refractivity contribution in [2.75, 3.05) is 0 Å². The van der Waals surface area contributed by atoms with Crippen molar-refractivity contribution in [3.63, 3.8) is 0 Å². The van der Waals surface area contributed by atoms with Gasteiger partial charge in [0.15, 0.2) is 6.20 Å². The second-order valence-corrected chi connectivity index (χ2v) is 5.71. The average molecular weight is 354 g/mol. The number of hydrogen-bond acceptors (Lipinski definition) is 0. The number of halogens is 1. The SMILES string of the molecule is C=Cc1cccc[n+]1CCCCCCCCCCCC.[Br-]. The summed E-state index contributed by atoms with van der Waals surface area (Å²) in [4.78, 5) is 0. The zero-order chi connectivity index (χ0) is 14.5. The lowest BCUT2D eigenvalue weighted by atomic mass is 10.1. The zero-order valence-corrected chi connectivity index (χ0v) is 15.3. The molecule has 1 rings (SSSR count). The summed E-state index contributed by atoms with van der Waals surface area (Å²) in [5, 5.41) is 0. The molecular formula is C19H32BrN. The number of pyridine rings is 1. The first-order valence-electron chi connectivity index (χ1n) is 8.49. The third kappa shape index (κ3) is 9.84. The molecule has 0 aromatic carbocycles. The maximum Gasteiger partial charge on any atom is 0.204 e. The van der Waals surface area contributed by atoms with Gasteiger partial charge in [0.05, 0.1) is 0 Å². The molecule has 0 atom stereocenters. The van der Waals surface area contributed by atoms with Crippen molar-refractivity contribution in [3.05, 3.63) is 36.7 Å². The Morgan fingerprint density at radius 3 is 2.05 bits per heavy atom. The molecule has 0 aliphatic heterocycles. The van der Waals surface area contributed by atoms with Crippen molar-refractivity contribution in [1.82, 2.24) is 0 Å². The minimum Gasteiger partial charge on any atom is -1.00 e. The van der Waals surface area contributed by atoms with E-state index in [1.807, 2.05) is 6.08 Å². The van der Waals surface area contributed by atoms with Gasteiger partial charge in [-0.25, -0.2) is 0 Å². The largest absolute Gasteiger partial charge is 1.00 e. The van der Waals surface area contributed by atoms with E-state index in [0.717, 1.165) is 6.54 Å². The molecule has 0 aliphatic rings. The molecule has 0 fully saturated rings. The molecule has 2 heteroatoms. The van der Waals surface area contributed by atoms with Gasteiger partial charge in [0.2, 0.25) is 5.69 Å². The van der Waals surface area contributed by atoms with Crippen LogP contribution in [0.3, 0.4) is 0 Å². The summed E-state index contributed by atoms with van der Waals surface area (Å²) >= 11 is 0. The maximum atomic E-state index is 3.87. The van der Waals surface area contributed by atoms with Gasteiger partial charge in [0.1, 0.15) is 6.54 Å². The molecule has 1 aromatic heterocycles. The summed E-state index contributed by atoms with van der Waals surface area (Å²) in [5.41, 5.74) is 1.23. The third-order valence-electron chi connectivity index (χ3n) is 3.94. The molecule has 1 aromatic rings. The van der Waals surface area contributed by atoms with Crippen LogP contribution >= 0.6 is 0 Å². The number of hydrogen-bond donors (Lipinski definition) is 0. The Labute approximate surface area is 142 Å². The number of aryl methyl sites for hydroxylation is 1. The molecular weight excluding hydrogens is 322 g/mol. The lowest BCUT2D eigenvalue weighted by Gasteiger charge is -2.02. The van der Waals surface area contributed by atoms with Crippen LogP contribution < -0.4 is 21.5 Å². The minimum absolute atomic E-state index is 0. The third-order valence-corrected chi connectivity index (χ3v) is 3.94. The monoisotopic (exact) mass is 353 g/mol. The van der Waals surface area contributed by atoms with Crippen LogP contribution in [0.4, 0.5) is 0 Å². The van der Waals surface area contributed by atoms with Gasteiger partial charge in [-0.05, 0) is 12.5 Å². The lowest BCUT2D eigenvalue weighted by Crippen LogP contribution is -3.00. The number of nitrogens with zero attached hydrogens (tertiary/aromatic N) is 1. The molecule has 1 nitrogen and oxygen atoms in total. The van der Waals surface area contributed by atoms with Crippen molar-refractivity contribution >= 4 is 6.08 Å². The highest BCUT2D eigenvalue weighted by atomic mass is 79.9. The van der Waals surface area contributed by atoms with E-state index in [9.17, 15) is 0 Å². The first-order valence-corrected chi connectivity index (χ1v) is 8.49. The molecule has 0 saturated carbocycles. The van der Waals surface area contributed by atoms with Gasteiger partial charge in [-0.1, -0.05) is 64.9 Å². The van der Waals surface area contributed by atoms with Crippen LogP contribution in [0.25, 0.3) is 6.08 Å². The van der Waals surface area contributed by atoms with Gasteiger partial charge >= 0.3 is 0 Å². The Balaban J connectivity index is 0.00000400. The Bertz CT molecular complexity index is 362. The normalized spacial score (nSPS) is 10.1. The summed E-state index contributed by atoms with van der Waals surface area (Å²) in [6, 6.07) is 6.30.